The van der Waals surface area contributed by atoms with Crippen LogP contribution in [0.4, 0.5) is 11.4 Å². The lowest BCUT2D eigenvalue weighted by atomic mass is 10.3. The highest BCUT2D eigenvalue weighted by Gasteiger charge is 2.19. The van der Waals surface area contributed by atoms with E-state index in [0.717, 1.165) is 5.69 Å². The fraction of sp³-hybridized carbons (Fsp3) is 0.182. The summed E-state index contributed by atoms with van der Waals surface area (Å²) >= 11 is 1.47. The Morgan fingerprint density at radius 2 is 1.72 bits per heavy atom. The number of aromatic nitrogens is 1. The molecule has 3 aromatic rings. The molecule has 166 valence electrons. The Bertz CT molecular complexity index is 1190. The molecular weight excluding hydrogens is 450 g/mol. The number of sulfonamides is 1. The van der Waals surface area contributed by atoms with Gasteiger partial charge in [-0.2, -0.15) is 0 Å². The van der Waals surface area contributed by atoms with Gasteiger partial charge in [-0.1, -0.05) is 6.07 Å². The third-order valence-corrected chi connectivity index (χ3v) is 6.80. The first-order valence-electron chi connectivity index (χ1n) is 9.80. The Balaban J connectivity index is 1.31. The van der Waals surface area contributed by atoms with E-state index in [2.05, 4.69) is 15.0 Å². The van der Waals surface area contributed by atoms with Gasteiger partial charge in [-0.3, -0.25) is 14.5 Å². The van der Waals surface area contributed by atoms with Crippen LogP contribution in [0.2, 0.25) is 0 Å². The van der Waals surface area contributed by atoms with Gasteiger partial charge in [0.15, 0.2) is 11.5 Å². The molecule has 0 fully saturated rings. The van der Waals surface area contributed by atoms with Crippen LogP contribution in [0.15, 0.2) is 71.8 Å². The molecule has 1 amide bonds. The van der Waals surface area contributed by atoms with Crippen molar-refractivity contribution < 1.29 is 22.7 Å². The summed E-state index contributed by atoms with van der Waals surface area (Å²) in [6.45, 7) is 0.807. The predicted molar refractivity (Wildman–Crippen MR) is 124 cm³/mol. The van der Waals surface area contributed by atoms with Gasteiger partial charge in [0.05, 0.1) is 16.3 Å². The average molecular weight is 472 g/mol. The Labute approximate surface area is 190 Å². The van der Waals surface area contributed by atoms with Crippen molar-refractivity contribution in [3.05, 3.63) is 72.6 Å². The van der Waals surface area contributed by atoms with Crippen LogP contribution in [0, 0.1) is 0 Å². The number of hydrogen-bond acceptors (Lipinski definition) is 7. The highest BCUT2D eigenvalue weighted by Crippen LogP contribution is 2.32. The molecular formula is C22H21N3O5S2. The third kappa shape index (κ3) is 5.71. The zero-order valence-corrected chi connectivity index (χ0v) is 18.6. The zero-order chi connectivity index (χ0) is 22.4. The van der Waals surface area contributed by atoms with Gasteiger partial charge in [0.25, 0.3) is 10.0 Å². The van der Waals surface area contributed by atoms with Crippen LogP contribution in [0.5, 0.6) is 11.5 Å². The summed E-state index contributed by atoms with van der Waals surface area (Å²) in [5.41, 5.74) is 1.87. The van der Waals surface area contributed by atoms with E-state index in [-0.39, 0.29) is 16.6 Å². The van der Waals surface area contributed by atoms with Gasteiger partial charge in [-0.25, -0.2) is 8.42 Å². The normalized spacial score (nSPS) is 12.8. The van der Waals surface area contributed by atoms with Crippen LogP contribution in [0.1, 0.15) is 5.69 Å². The molecule has 10 heteroatoms. The summed E-state index contributed by atoms with van der Waals surface area (Å²) < 4.78 is 38.8. The number of nitrogens with one attached hydrogen (secondary N) is 2. The minimum Gasteiger partial charge on any atom is -0.486 e. The third-order valence-electron chi connectivity index (χ3n) is 4.45. The second-order valence-electron chi connectivity index (χ2n) is 6.85. The number of fused-ring (bicyclic) bond motifs is 1. The SMILES string of the molecule is O=C(CSCc1ccccn1)Nc1ccc(NS(=O)(=O)c2ccc3c(c2)OCCO3)cc1. The summed E-state index contributed by atoms with van der Waals surface area (Å²) in [7, 11) is -3.80. The first kappa shape index (κ1) is 22.0. The second kappa shape index (κ2) is 9.92. The summed E-state index contributed by atoms with van der Waals surface area (Å²) in [5.74, 6) is 1.71. The van der Waals surface area contributed by atoms with Gasteiger partial charge in [0.2, 0.25) is 5.91 Å². The van der Waals surface area contributed by atoms with E-state index in [1.165, 1.54) is 23.9 Å². The monoisotopic (exact) mass is 471 g/mol. The fourth-order valence-corrected chi connectivity index (χ4v) is 4.77. The number of ether oxygens (including phenoxy) is 2. The van der Waals surface area contributed by atoms with Gasteiger partial charge < -0.3 is 14.8 Å². The lowest BCUT2D eigenvalue weighted by Crippen LogP contribution is -2.17. The summed E-state index contributed by atoms with van der Waals surface area (Å²) in [6, 6.07) is 16.6. The molecule has 1 aliphatic rings. The molecule has 0 radical (unpaired) electrons. The standard InChI is InChI=1S/C22H21N3O5S2/c26-22(15-31-14-18-3-1-2-10-23-18)24-16-4-6-17(7-5-16)25-32(27,28)19-8-9-20-21(13-19)30-12-11-29-20/h1-10,13,25H,11-12,14-15H2,(H,24,26). The van der Waals surface area contributed by atoms with Crippen molar-refractivity contribution in [2.75, 3.05) is 29.0 Å². The maximum Gasteiger partial charge on any atom is 0.262 e. The van der Waals surface area contributed by atoms with E-state index >= 15 is 0 Å². The molecule has 0 saturated carbocycles. The van der Waals surface area contributed by atoms with Crippen molar-refractivity contribution >= 4 is 39.1 Å². The predicted octanol–water partition coefficient (Wildman–Crippen LogP) is 3.53. The molecule has 0 spiro atoms. The Morgan fingerprint density at radius 3 is 2.47 bits per heavy atom. The smallest absolute Gasteiger partial charge is 0.262 e. The number of thioether (sulfide) groups is 1. The van der Waals surface area contributed by atoms with E-state index in [9.17, 15) is 13.2 Å². The lowest BCUT2D eigenvalue weighted by molar-refractivity contribution is -0.113. The number of rotatable bonds is 8. The number of anilines is 2. The lowest BCUT2D eigenvalue weighted by Gasteiger charge is -2.19. The first-order chi connectivity index (χ1) is 15.5. The first-order valence-corrected chi connectivity index (χ1v) is 12.4. The van der Waals surface area contributed by atoms with E-state index < -0.39 is 10.0 Å². The Hall–Kier alpha value is -3.24. The Morgan fingerprint density at radius 1 is 0.969 bits per heavy atom. The minimum atomic E-state index is -3.80. The van der Waals surface area contributed by atoms with E-state index in [0.29, 0.717) is 41.8 Å². The summed E-state index contributed by atoms with van der Waals surface area (Å²) in [5, 5.41) is 2.80. The quantitative estimate of drug-likeness (QED) is 0.518. The molecule has 2 aromatic carbocycles. The van der Waals surface area contributed by atoms with Crippen LogP contribution in [-0.4, -0.2) is 38.3 Å². The number of benzene rings is 2. The molecule has 1 aliphatic heterocycles. The van der Waals surface area contributed by atoms with E-state index in [1.807, 2.05) is 18.2 Å². The molecule has 4 rings (SSSR count). The van der Waals surface area contributed by atoms with Crippen molar-refractivity contribution in [3.63, 3.8) is 0 Å². The molecule has 0 unspecified atom stereocenters. The van der Waals surface area contributed by atoms with Crippen molar-refractivity contribution in [3.8, 4) is 11.5 Å². The van der Waals surface area contributed by atoms with Gasteiger partial charge in [-0.05, 0) is 48.5 Å². The van der Waals surface area contributed by atoms with Gasteiger partial charge in [0.1, 0.15) is 13.2 Å². The highest BCUT2D eigenvalue weighted by atomic mass is 32.2. The highest BCUT2D eigenvalue weighted by molar-refractivity contribution is 7.99. The van der Waals surface area contributed by atoms with Crippen molar-refractivity contribution in [1.82, 2.24) is 4.98 Å². The number of carbonyl (C=O) groups is 1. The molecule has 2 heterocycles. The fourth-order valence-electron chi connectivity index (χ4n) is 2.96. The summed E-state index contributed by atoms with van der Waals surface area (Å²) in [4.78, 5) is 16.4. The maximum atomic E-state index is 12.7. The number of carbonyl (C=O) groups excluding carboxylic acids is 1. The molecule has 1 aromatic heterocycles. The van der Waals surface area contributed by atoms with Crippen molar-refractivity contribution in [2.24, 2.45) is 0 Å². The van der Waals surface area contributed by atoms with Gasteiger partial charge >= 0.3 is 0 Å². The largest absolute Gasteiger partial charge is 0.486 e. The number of pyridine rings is 1. The van der Waals surface area contributed by atoms with Gasteiger partial charge in [0, 0.05) is 29.4 Å². The van der Waals surface area contributed by atoms with Gasteiger partial charge in [-0.15, -0.1) is 11.8 Å². The second-order valence-corrected chi connectivity index (χ2v) is 9.52. The minimum absolute atomic E-state index is 0.0732. The molecule has 32 heavy (non-hydrogen) atoms. The van der Waals surface area contributed by atoms with Crippen LogP contribution >= 0.6 is 11.8 Å². The number of amides is 1. The van der Waals surface area contributed by atoms with Crippen LogP contribution in [0.25, 0.3) is 0 Å². The number of nitrogens with zero attached hydrogens (tertiary/aromatic N) is 1. The number of hydrogen-bond donors (Lipinski definition) is 2. The van der Waals surface area contributed by atoms with Crippen molar-refractivity contribution in [1.29, 1.82) is 0 Å². The van der Waals surface area contributed by atoms with Crippen LogP contribution < -0.4 is 19.5 Å². The van der Waals surface area contributed by atoms with Crippen molar-refractivity contribution in [2.45, 2.75) is 10.6 Å². The Kier molecular flexibility index (Phi) is 6.81. The van der Waals surface area contributed by atoms with Crippen LogP contribution in [0.3, 0.4) is 0 Å². The zero-order valence-electron chi connectivity index (χ0n) is 17.0. The van der Waals surface area contributed by atoms with E-state index in [1.54, 1.807) is 36.5 Å². The van der Waals surface area contributed by atoms with Crippen LogP contribution in [-0.2, 0) is 20.6 Å². The maximum absolute atomic E-state index is 12.7. The molecule has 2 N–H and O–H groups in total. The summed E-state index contributed by atoms with van der Waals surface area (Å²) in [6.07, 6.45) is 1.72. The molecule has 0 aliphatic carbocycles. The average Bonchev–Trinajstić information content (AvgIpc) is 2.80. The molecule has 0 bridgehead atoms. The van der Waals surface area contributed by atoms with E-state index in [4.69, 9.17) is 9.47 Å². The molecule has 0 atom stereocenters. The molecule has 0 saturated heterocycles. The molecule has 8 nitrogen and oxygen atoms in total. The topological polar surface area (TPSA) is 107 Å².